The highest BCUT2D eigenvalue weighted by Gasteiger charge is 2.46. The predicted octanol–water partition coefficient (Wildman–Crippen LogP) is 5.15. The van der Waals surface area contributed by atoms with E-state index in [0.29, 0.717) is 36.6 Å². The number of benzene rings is 2. The Hall–Kier alpha value is -3.32. The van der Waals surface area contributed by atoms with E-state index in [0.717, 1.165) is 24.4 Å². The van der Waals surface area contributed by atoms with Gasteiger partial charge in [-0.1, -0.05) is 46.8 Å². The van der Waals surface area contributed by atoms with Gasteiger partial charge in [0.25, 0.3) is 11.7 Å². The number of likely N-dealkylation sites (N-methyl/N-ethyl adjacent to an activating group) is 1. The van der Waals surface area contributed by atoms with E-state index in [-0.39, 0.29) is 16.7 Å². The Morgan fingerprint density at radius 2 is 1.76 bits per heavy atom. The van der Waals surface area contributed by atoms with Crippen LogP contribution in [0.1, 0.15) is 64.3 Å². The standard InChI is InChI=1S/C30H40N2O5/c1-8-31(9-2)16-17-32-26(20-12-11-13-22(18-20)36-7)25(28(34)29(32)35)27(33)21-14-15-24(37-10-3)23(19-21)30(4,5)6/h11-15,18-19,26,33H,8-10,16-17H2,1-7H3/b27-25-. The Bertz CT molecular complexity index is 1160. The highest BCUT2D eigenvalue weighted by molar-refractivity contribution is 6.46. The summed E-state index contributed by atoms with van der Waals surface area (Å²) in [6.07, 6.45) is 0. The van der Waals surface area contributed by atoms with Crippen molar-refractivity contribution in [2.75, 3.05) is 39.9 Å². The quantitative estimate of drug-likeness (QED) is 0.272. The average Bonchev–Trinajstić information content (AvgIpc) is 3.13. The number of ether oxygens (including phenoxy) is 2. The molecular formula is C30H40N2O5. The van der Waals surface area contributed by atoms with E-state index < -0.39 is 17.7 Å². The summed E-state index contributed by atoms with van der Waals surface area (Å²) in [5.41, 5.74) is 1.92. The summed E-state index contributed by atoms with van der Waals surface area (Å²) in [4.78, 5) is 30.5. The Kier molecular flexibility index (Phi) is 9.02. The lowest BCUT2D eigenvalue weighted by Gasteiger charge is -2.28. The molecule has 0 aromatic heterocycles. The molecule has 0 spiro atoms. The van der Waals surface area contributed by atoms with E-state index in [1.54, 1.807) is 18.1 Å². The fraction of sp³-hybridized carbons (Fsp3) is 0.467. The molecule has 1 saturated heterocycles. The minimum Gasteiger partial charge on any atom is -0.507 e. The maximum Gasteiger partial charge on any atom is 0.295 e. The van der Waals surface area contributed by atoms with E-state index in [1.807, 2.05) is 43.3 Å². The molecule has 37 heavy (non-hydrogen) atoms. The highest BCUT2D eigenvalue weighted by Crippen LogP contribution is 2.41. The van der Waals surface area contributed by atoms with E-state index in [4.69, 9.17) is 9.47 Å². The van der Waals surface area contributed by atoms with Crippen molar-refractivity contribution in [1.29, 1.82) is 0 Å². The minimum atomic E-state index is -0.727. The van der Waals surface area contributed by atoms with Crippen LogP contribution in [0.15, 0.2) is 48.0 Å². The normalized spacial score (nSPS) is 17.5. The largest absolute Gasteiger partial charge is 0.507 e. The Balaban J connectivity index is 2.18. The molecule has 1 unspecified atom stereocenters. The summed E-state index contributed by atoms with van der Waals surface area (Å²) < 4.78 is 11.2. The van der Waals surface area contributed by atoms with Crippen molar-refractivity contribution in [3.63, 3.8) is 0 Å². The Labute approximate surface area is 220 Å². The van der Waals surface area contributed by atoms with Crippen LogP contribution >= 0.6 is 0 Å². The van der Waals surface area contributed by atoms with Crippen molar-refractivity contribution >= 4 is 17.4 Å². The molecule has 0 saturated carbocycles. The zero-order valence-corrected chi connectivity index (χ0v) is 23.1. The van der Waals surface area contributed by atoms with Gasteiger partial charge < -0.3 is 24.4 Å². The third kappa shape index (κ3) is 5.99. The second-order valence-corrected chi connectivity index (χ2v) is 10.2. The number of methoxy groups -OCH3 is 1. The second-order valence-electron chi connectivity index (χ2n) is 10.2. The van der Waals surface area contributed by atoms with Crippen LogP contribution in [-0.2, 0) is 15.0 Å². The van der Waals surface area contributed by atoms with Gasteiger partial charge in [0.05, 0.1) is 25.3 Å². The number of ketones is 1. The zero-order valence-electron chi connectivity index (χ0n) is 23.1. The van der Waals surface area contributed by atoms with Crippen molar-refractivity contribution in [3.8, 4) is 11.5 Å². The molecule has 2 aromatic rings. The van der Waals surface area contributed by atoms with Crippen LogP contribution in [0.4, 0.5) is 0 Å². The first kappa shape index (κ1) is 28.3. The molecule has 1 atom stereocenters. The molecule has 200 valence electrons. The average molecular weight is 509 g/mol. The molecule has 0 radical (unpaired) electrons. The van der Waals surface area contributed by atoms with Crippen molar-refractivity contribution in [3.05, 3.63) is 64.7 Å². The smallest absolute Gasteiger partial charge is 0.295 e. The number of likely N-dealkylation sites (tertiary alicyclic amines) is 1. The van der Waals surface area contributed by atoms with Crippen LogP contribution in [0.2, 0.25) is 0 Å². The number of hydrogen-bond acceptors (Lipinski definition) is 6. The molecule has 1 aliphatic heterocycles. The zero-order chi connectivity index (χ0) is 27.3. The number of nitrogens with zero attached hydrogens (tertiary/aromatic N) is 2. The van der Waals surface area contributed by atoms with Gasteiger partial charge in [-0.05, 0) is 61.3 Å². The summed E-state index contributed by atoms with van der Waals surface area (Å²) in [7, 11) is 1.57. The Morgan fingerprint density at radius 3 is 2.35 bits per heavy atom. The van der Waals surface area contributed by atoms with Crippen LogP contribution in [0, 0.1) is 0 Å². The van der Waals surface area contributed by atoms with Crippen LogP contribution in [0.3, 0.4) is 0 Å². The Morgan fingerprint density at radius 1 is 1.05 bits per heavy atom. The van der Waals surface area contributed by atoms with Crippen LogP contribution < -0.4 is 9.47 Å². The van der Waals surface area contributed by atoms with Gasteiger partial charge in [-0.2, -0.15) is 0 Å². The van der Waals surface area contributed by atoms with Crippen molar-refractivity contribution < 1.29 is 24.2 Å². The fourth-order valence-electron chi connectivity index (χ4n) is 4.76. The van der Waals surface area contributed by atoms with E-state index in [1.165, 1.54) is 0 Å². The molecule has 0 bridgehead atoms. The van der Waals surface area contributed by atoms with E-state index >= 15 is 0 Å². The molecule has 0 aliphatic carbocycles. The molecule has 2 aromatic carbocycles. The number of carbonyl (C=O) groups excluding carboxylic acids is 2. The monoisotopic (exact) mass is 508 g/mol. The predicted molar refractivity (Wildman–Crippen MR) is 146 cm³/mol. The SMILES string of the molecule is CCOc1ccc(/C(O)=C2/C(=O)C(=O)N(CCN(CC)CC)C2c2cccc(OC)c2)cc1C(C)(C)C. The van der Waals surface area contributed by atoms with E-state index in [2.05, 4.69) is 39.5 Å². The van der Waals surface area contributed by atoms with Crippen LogP contribution in [0.25, 0.3) is 5.76 Å². The van der Waals surface area contributed by atoms with Gasteiger partial charge in [-0.15, -0.1) is 0 Å². The maximum atomic E-state index is 13.4. The fourth-order valence-corrected chi connectivity index (χ4v) is 4.76. The third-order valence-electron chi connectivity index (χ3n) is 6.86. The molecule has 7 heteroatoms. The summed E-state index contributed by atoms with van der Waals surface area (Å²) in [6, 6.07) is 12.0. The van der Waals surface area contributed by atoms with Crippen LogP contribution in [-0.4, -0.2) is 66.5 Å². The number of rotatable bonds is 10. The molecule has 3 rings (SSSR count). The van der Waals surface area contributed by atoms with Gasteiger partial charge >= 0.3 is 0 Å². The lowest BCUT2D eigenvalue weighted by Crippen LogP contribution is -2.38. The molecule has 1 aliphatic rings. The highest BCUT2D eigenvalue weighted by atomic mass is 16.5. The first-order valence-electron chi connectivity index (χ1n) is 13.0. The number of Topliss-reactive ketones (excluding diaryl/α,β-unsaturated/α-hetero) is 1. The number of aliphatic hydroxyl groups is 1. The van der Waals surface area contributed by atoms with Crippen molar-refractivity contribution in [2.45, 2.75) is 53.0 Å². The number of carbonyl (C=O) groups is 2. The number of hydrogen-bond donors (Lipinski definition) is 1. The molecule has 1 fully saturated rings. The van der Waals surface area contributed by atoms with Gasteiger partial charge in [0.15, 0.2) is 0 Å². The van der Waals surface area contributed by atoms with Gasteiger partial charge in [-0.25, -0.2) is 0 Å². The first-order chi connectivity index (χ1) is 17.6. The molecule has 1 amide bonds. The van der Waals surface area contributed by atoms with Gasteiger partial charge in [-0.3, -0.25) is 9.59 Å². The molecule has 1 N–H and O–H groups in total. The third-order valence-corrected chi connectivity index (χ3v) is 6.86. The number of amides is 1. The van der Waals surface area contributed by atoms with Gasteiger partial charge in [0, 0.05) is 24.2 Å². The van der Waals surface area contributed by atoms with E-state index in [9.17, 15) is 14.7 Å². The lowest BCUT2D eigenvalue weighted by molar-refractivity contribution is -0.140. The number of aliphatic hydroxyl groups excluding tert-OH is 1. The van der Waals surface area contributed by atoms with Crippen LogP contribution in [0.5, 0.6) is 11.5 Å². The minimum absolute atomic E-state index is 0.0850. The maximum absolute atomic E-state index is 13.4. The van der Waals surface area contributed by atoms with Gasteiger partial charge in [0.1, 0.15) is 17.3 Å². The van der Waals surface area contributed by atoms with Crippen molar-refractivity contribution in [1.82, 2.24) is 9.80 Å². The summed E-state index contributed by atoms with van der Waals surface area (Å²) in [6.45, 7) is 15.4. The van der Waals surface area contributed by atoms with Gasteiger partial charge in [0.2, 0.25) is 0 Å². The molecule has 7 nitrogen and oxygen atoms in total. The molecular weight excluding hydrogens is 468 g/mol. The van der Waals surface area contributed by atoms with Crippen molar-refractivity contribution in [2.24, 2.45) is 0 Å². The molecule has 1 heterocycles. The lowest BCUT2D eigenvalue weighted by atomic mass is 9.84. The summed E-state index contributed by atoms with van der Waals surface area (Å²) in [5.74, 6) is -0.136. The second kappa shape index (κ2) is 11.8. The topological polar surface area (TPSA) is 79.3 Å². The first-order valence-corrected chi connectivity index (χ1v) is 13.0. The summed E-state index contributed by atoms with van der Waals surface area (Å²) in [5, 5.41) is 11.6. The summed E-state index contributed by atoms with van der Waals surface area (Å²) >= 11 is 0.